The van der Waals surface area contributed by atoms with Crippen LogP contribution in [0.2, 0.25) is 0 Å². The molecule has 0 fully saturated rings. The van der Waals surface area contributed by atoms with E-state index in [1.54, 1.807) is 6.07 Å². The topological polar surface area (TPSA) is 13.1 Å². The lowest BCUT2D eigenvalue weighted by atomic mass is 9.85. The zero-order valence-electron chi connectivity index (χ0n) is 34.7. The predicted octanol–water partition coefficient (Wildman–Crippen LogP) is 12.6. The van der Waals surface area contributed by atoms with Gasteiger partial charge in [-0.15, -0.1) is 0 Å². The van der Waals surface area contributed by atoms with Gasteiger partial charge in [0.05, 0.1) is 15.1 Å². The molecule has 0 unspecified atom stereocenters. The fourth-order valence-electron chi connectivity index (χ4n) is 6.31. The first kappa shape index (κ1) is 16.8. The Labute approximate surface area is 277 Å². The van der Waals surface area contributed by atoms with Crippen molar-refractivity contribution in [1.82, 2.24) is 0 Å². The Morgan fingerprint density at radius 1 is 0.400 bits per heavy atom. The summed E-state index contributed by atoms with van der Waals surface area (Å²) in [5.41, 5.74) is 3.51. The molecule has 0 saturated carbocycles. The number of furan rings is 1. The summed E-state index contributed by atoms with van der Waals surface area (Å²) in [4.78, 5) is 0. The van der Waals surface area contributed by atoms with Crippen molar-refractivity contribution in [2.24, 2.45) is 0 Å². The third kappa shape index (κ3) is 4.17. The standard InChI is InChI=1S/C44H28O/c1-3-13-29(14-4-1)31-25-26-35-40-24-12-23-34(44(40)45-41(35)28-31)32-17-11-18-33(27-32)43-38-21-9-7-19-36(38)42(30-15-5-2-6-16-30)37-20-8-10-22-39(37)43/h1-28H/i1D,3D,4D,12D,13D,14D,23D,24D,25D,26D,28D. The van der Waals surface area contributed by atoms with E-state index >= 15 is 0 Å². The van der Waals surface area contributed by atoms with Crippen LogP contribution in [0.15, 0.2) is 174 Å². The van der Waals surface area contributed by atoms with E-state index in [1.165, 1.54) is 0 Å². The van der Waals surface area contributed by atoms with E-state index in [2.05, 4.69) is 36.4 Å². The lowest BCUT2D eigenvalue weighted by Gasteiger charge is -2.18. The van der Waals surface area contributed by atoms with Crippen molar-refractivity contribution in [2.75, 3.05) is 0 Å². The van der Waals surface area contributed by atoms with Crippen LogP contribution in [-0.2, 0) is 0 Å². The van der Waals surface area contributed by atoms with Crippen LogP contribution in [0.1, 0.15) is 15.1 Å². The van der Waals surface area contributed by atoms with E-state index < -0.39 is 66.0 Å². The maximum atomic E-state index is 9.18. The summed E-state index contributed by atoms with van der Waals surface area (Å²) < 4.78 is 102. The average molecular weight is 584 g/mol. The molecule has 9 aromatic rings. The number of fused-ring (bicyclic) bond motifs is 5. The first-order valence-corrected chi connectivity index (χ1v) is 14.5. The number of rotatable bonds is 4. The summed E-state index contributed by atoms with van der Waals surface area (Å²) in [6.45, 7) is 0. The van der Waals surface area contributed by atoms with Gasteiger partial charge in [-0.3, -0.25) is 0 Å². The van der Waals surface area contributed by atoms with Crippen LogP contribution in [0, 0.1) is 0 Å². The second kappa shape index (κ2) is 10.4. The molecule has 1 heteroatoms. The van der Waals surface area contributed by atoms with Crippen molar-refractivity contribution in [1.29, 1.82) is 0 Å². The van der Waals surface area contributed by atoms with Gasteiger partial charge in [0.25, 0.3) is 0 Å². The highest BCUT2D eigenvalue weighted by Gasteiger charge is 2.18. The average Bonchev–Trinajstić information content (AvgIpc) is 3.62. The minimum Gasteiger partial charge on any atom is -0.455 e. The number of hydrogen-bond donors (Lipinski definition) is 0. The summed E-state index contributed by atoms with van der Waals surface area (Å²) >= 11 is 0. The Balaban J connectivity index is 1.34. The molecule has 0 spiro atoms. The van der Waals surface area contributed by atoms with E-state index in [0.29, 0.717) is 5.56 Å². The molecule has 0 N–H and O–H groups in total. The molecule has 0 saturated heterocycles. The van der Waals surface area contributed by atoms with E-state index in [4.69, 9.17) is 18.1 Å². The van der Waals surface area contributed by atoms with Gasteiger partial charge in [-0.25, -0.2) is 0 Å². The second-order valence-electron chi connectivity index (χ2n) is 10.8. The third-order valence-corrected chi connectivity index (χ3v) is 8.25. The Kier molecular flexibility index (Phi) is 3.87. The normalized spacial score (nSPS) is 15.0. The zero-order chi connectivity index (χ0) is 39.3. The first-order valence-electron chi connectivity index (χ1n) is 20.0. The summed E-state index contributed by atoms with van der Waals surface area (Å²) in [7, 11) is 0. The Morgan fingerprint density at radius 3 is 1.73 bits per heavy atom. The quantitative estimate of drug-likeness (QED) is 0.188. The Hall–Kier alpha value is -5.92. The lowest BCUT2D eigenvalue weighted by Crippen LogP contribution is -1.91. The number of benzene rings is 8. The molecule has 0 bridgehead atoms. The lowest BCUT2D eigenvalue weighted by molar-refractivity contribution is 0.670. The van der Waals surface area contributed by atoms with Gasteiger partial charge in [0.1, 0.15) is 11.2 Å². The minimum absolute atomic E-state index is 0.0240. The van der Waals surface area contributed by atoms with Crippen molar-refractivity contribution in [3.8, 4) is 44.5 Å². The van der Waals surface area contributed by atoms with E-state index in [-0.39, 0.29) is 39.1 Å². The Bertz CT molecular complexity index is 3070. The van der Waals surface area contributed by atoms with Crippen LogP contribution in [0.25, 0.3) is 88.0 Å². The van der Waals surface area contributed by atoms with Crippen LogP contribution in [0.3, 0.4) is 0 Å². The van der Waals surface area contributed by atoms with Crippen LogP contribution >= 0.6 is 0 Å². The van der Waals surface area contributed by atoms with Gasteiger partial charge in [0.2, 0.25) is 0 Å². The van der Waals surface area contributed by atoms with Crippen LogP contribution in [0.5, 0.6) is 0 Å². The molecule has 9 rings (SSSR count). The highest BCUT2D eigenvalue weighted by Crippen LogP contribution is 2.45. The van der Waals surface area contributed by atoms with Gasteiger partial charge >= 0.3 is 0 Å². The van der Waals surface area contributed by atoms with Gasteiger partial charge in [-0.1, -0.05) is 151 Å². The molecule has 45 heavy (non-hydrogen) atoms. The molecule has 0 aliphatic heterocycles. The molecule has 8 aromatic carbocycles. The highest BCUT2D eigenvalue weighted by molar-refractivity contribution is 6.21. The van der Waals surface area contributed by atoms with Crippen molar-refractivity contribution in [3.63, 3.8) is 0 Å². The summed E-state index contributed by atoms with van der Waals surface area (Å²) in [6.07, 6.45) is 0. The van der Waals surface area contributed by atoms with Gasteiger partial charge in [0.15, 0.2) is 0 Å². The van der Waals surface area contributed by atoms with Crippen LogP contribution < -0.4 is 0 Å². The monoisotopic (exact) mass is 583 g/mol. The number of para-hydroxylation sites is 1. The maximum Gasteiger partial charge on any atom is 0.143 e. The predicted molar refractivity (Wildman–Crippen MR) is 190 cm³/mol. The SMILES string of the molecule is [2H]c1c([2H])c([2H])c(-c2c([2H])c([2H])c3c(oc4c(-c5cccc(-c6c7ccccc7c(-c7ccccc7)c7ccccc67)c5)c([2H])c([2H])c([2H])c43)c2[2H])c([2H])c1[2H]. The van der Waals surface area contributed by atoms with Crippen molar-refractivity contribution < 1.29 is 19.5 Å². The van der Waals surface area contributed by atoms with Gasteiger partial charge in [0, 0.05) is 16.3 Å². The molecule has 1 aromatic heterocycles. The molecule has 0 aliphatic rings. The van der Waals surface area contributed by atoms with Gasteiger partial charge in [-0.2, -0.15) is 0 Å². The fraction of sp³-hybridized carbons (Fsp3) is 0. The zero-order valence-corrected chi connectivity index (χ0v) is 23.7. The number of hydrogen-bond acceptors (Lipinski definition) is 1. The summed E-state index contributed by atoms with van der Waals surface area (Å²) in [5.74, 6) is 0. The maximum absolute atomic E-state index is 9.18. The van der Waals surface area contributed by atoms with E-state index in [0.717, 1.165) is 43.8 Å². The minimum atomic E-state index is -0.653. The second-order valence-corrected chi connectivity index (χ2v) is 10.8. The highest BCUT2D eigenvalue weighted by atomic mass is 16.3. The molecular formula is C44H28O. The smallest absolute Gasteiger partial charge is 0.143 e. The summed E-state index contributed by atoms with van der Waals surface area (Å²) in [6, 6.07) is 28.1. The Morgan fingerprint density at radius 2 is 1.02 bits per heavy atom. The van der Waals surface area contributed by atoms with Gasteiger partial charge in [-0.05, 0) is 78.6 Å². The molecule has 1 nitrogen and oxygen atoms in total. The van der Waals surface area contributed by atoms with Crippen molar-refractivity contribution in [2.45, 2.75) is 0 Å². The molecule has 1 heterocycles. The molecular weight excluding hydrogens is 544 g/mol. The third-order valence-electron chi connectivity index (χ3n) is 8.25. The first-order chi connectivity index (χ1) is 26.9. The van der Waals surface area contributed by atoms with E-state index in [9.17, 15) is 1.37 Å². The fourth-order valence-corrected chi connectivity index (χ4v) is 6.31. The largest absolute Gasteiger partial charge is 0.455 e. The van der Waals surface area contributed by atoms with Crippen LogP contribution in [0.4, 0.5) is 0 Å². The molecule has 0 radical (unpaired) electrons. The van der Waals surface area contributed by atoms with Crippen molar-refractivity contribution in [3.05, 3.63) is 170 Å². The molecule has 0 amide bonds. The van der Waals surface area contributed by atoms with Crippen molar-refractivity contribution >= 4 is 43.5 Å². The molecule has 0 aliphatic carbocycles. The molecule has 210 valence electrons. The summed E-state index contributed by atoms with van der Waals surface area (Å²) in [5, 5.41) is 3.99. The van der Waals surface area contributed by atoms with E-state index in [1.807, 2.05) is 60.7 Å². The van der Waals surface area contributed by atoms with Crippen LogP contribution in [-0.4, -0.2) is 0 Å². The van der Waals surface area contributed by atoms with Gasteiger partial charge < -0.3 is 4.42 Å². The molecule has 0 atom stereocenters.